The van der Waals surface area contributed by atoms with E-state index in [0.717, 1.165) is 12.1 Å². The molecule has 0 aliphatic carbocycles. The highest BCUT2D eigenvalue weighted by Crippen LogP contribution is 2.40. The van der Waals surface area contributed by atoms with Crippen molar-refractivity contribution in [1.29, 1.82) is 0 Å². The Labute approximate surface area is 113 Å². The van der Waals surface area contributed by atoms with Gasteiger partial charge in [-0.15, -0.1) is 0 Å². The molecule has 5 heteroatoms. The summed E-state index contributed by atoms with van der Waals surface area (Å²) in [4.78, 5) is 2.18. The molecular formula is C13H19ClN2O2. The van der Waals surface area contributed by atoms with E-state index in [1.165, 1.54) is 0 Å². The Hall–Kier alpha value is -0.970. The molecule has 0 saturated carbocycles. The van der Waals surface area contributed by atoms with Crippen molar-refractivity contribution >= 4 is 11.6 Å². The van der Waals surface area contributed by atoms with Crippen LogP contribution in [0.15, 0.2) is 12.1 Å². The number of hydrogen-bond acceptors (Lipinski definition) is 4. The number of rotatable bonds is 4. The molecule has 2 rings (SSSR count). The summed E-state index contributed by atoms with van der Waals surface area (Å²) >= 11 is 6.23. The molecular weight excluding hydrogens is 252 g/mol. The van der Waals surface area contributed by atoms with Gasteiger partial charge in [0, 0.05) is 12.6 Å². The Morgan fingerprint density at radius 2 is 2.11 bits per heavy atom. The smallest absolute Gasteiger partial charge is 0.179 e. The molecule has 0 radical (unpaired) electrons. The molecule has 1 aliphatic rings. The first-order chi connectivity index (χ1) is 8.67. The zero-order valence-corrected chi connectivity index (χ0v) is 11.5. The number of likely N-dealkylation sites (N-methyl/N-ethyl adjacent to an activating group) is 1. The van der Waals surface area contributed by atoms with Crippen molar-refractivity contribution in [3.63, 3.8) is 0 Å². The molecule has 1 aromatic carbocycles. The maximum Gasteiger partial charge on any atom is 0.179 e. The molecule has 0 bridgehead atoms. The van der Waals surface area contributed by atoms with Crippen molar-refractivity contribution in [3.05, 3.63) is 22.7 Å². The topological polar surface area (TPSA) is 47.7 Å². The van der Waals surface area contributed by atoms with Crippen LogP contribution in [0.25, 0.3) is 0 Å². The van der Waals surface area contributed by atoms with Gasteiger partial charge in [0.15, 0.2) is 11.5 Å². The number of benzene rings is 1. The quantitative estimate of drug-likeness (QED) is 0.910. The van der Waals surface area contributed by atoms with Crippen LogP contribution in [-0.4, -0.2) is 38.3 Å². The SMILES string of the molecule is CCN(C)C(CN)c1cc(Cl)c2c(c1)OCCO2. The average Bonchev–Trinajstić information content (AvgIpc) is 2.39. The summed E-state index contributed by atoms with van der Waals surface area (Å²) in [5.41, 5.74) is 6.92. The van der Waals surface area contributed by atoms with Crippen LogP contribution in [0, 0.1) is 0 Å². The highest BCUT2D eigenvalue weighted by Gasteiger charge is 2.21. The summed E-state index contributed by atoms with van der Waals surface area (Å²) in [6, 6.07) is 4.03. The summed E-state index contributed by atoms with van der Waals surface area (Å²) in [5, 5.41) is 0.588. The fourth-order valence-corrected chi connectivity index (χ4v) is 2.39. The monoisotopic (exact) mass is 270 g/mol. The normalized spacial score (nSPS) is 15.8. The summed E-state index contributed by atoms with van der Waals surface area (Å²) in [6.07, 6.45) is 0. The van der Waals surface area contributed by atoms with Gasteiger partial charge < -0.3 is 15.2 Å². The van der Waals surface area contributed by atoms with Crippen LogP contribution in [0.4, 0.5) is 0 Å². The maximum absolute atomic E-state index is 6.23. The first-order valence-corrected chi connectivity index (χ1v) is 6.54. The van der Waals surface area contributed by atoms with Gasteiger partial charge in [-0.05, 0) is 31.3 Å². The number of nitrogens with two attached hydrogens (primary N) is 1. The van der Waals surface area contributed by atoms with Crippen LogP contribution in [-0.2, 0) is 0 Å². The third-order valence-corrected chi connectivity index (χ3v) is 3.54. The second-order valence-corrected chi connectivity index (χ2v) is 4.76. The van der Waals surface area contributed by atoms with E-state index in [-0.39, 0.29) is 6.04 Å². The molecule has 0 fully saturated rings. The minimum Gasteiger partial charge on any atom is -0.486 e. The highest BCUT2D eigenvalue weighted by molar-refractivity contribution is 6.32. The molecule has 0 spiro atoms. The van der Waals surface area contributed by atoms with Crippen molar-refractivity contribution in [1.82, 2.24) is 4.90 Å². The van der Waals surface area contributed by atoms with Crippen LogP contribution < -0.4 is 15.2 Å². The lowest BCUT2D eigenvalue weighted by atomic mass is 10.0. The Morgan fingerprint density at radius 3 is 2.78 bits per heavy atom. The van der Waals surface area contributed by atoms with Gasteiger partial charge in [-0.2, -0.15) is 0 Å². The lowest BCUT2D eigenvalue weighted by molar-refractivity contribution is 0.171. The predicted octanol–water partition coefficient (Wildman–Crippen LogP) is 2.06. The fourth-order valence-electron chi connectivity index (χ4n) is 2.11. The van der Waals surface area contributed by atoms with E-state index in [2.05, 4.69) is 11.8 Å². The molecule has 2 N–H and O–H groups in total. The Morgan fingerprint density at radius 1 is 1.39 bits per heavy atom. The van der Waals surface area contributed by atoms with Gasteiger partial charge in [0.05, 0.1) is 5.02 Å². The Balaban J connectivity index is 2.36. The summed E-state index contributed by atoms with van der Waals surface area (Å²) < 4.78 is 11.1. The Bertz CT molecular complexity index is 426. The van der Waals surface area contributed by atoms with Gasteiger partial charge in [0.2, 0.25) is 0 Å². The van der Waals surface area contributed by atoms with E-state index in [0.29, 0.717) is 36.3 Å². The summed E-state index contributed by atoms with van der Waals surface area (Å²) in [5.74, 6) is 1.35. The van der Waals surface area contributed by atoms with Crippen LogP contribution in [0.2, 0.25) is 5.02 Å². The number of ether oxygens (including phenoxy) is 2. The van der Waals surface area contributed by atoms with Crippen molar-refractivity contribution in [2.24, 2.45) is 5.73 Å². The lowest BCUT2D eigenvalue weighted by Gasteiger charge is -2.28. The molecule has 18 heavy (non-hydrogen) atoms. The molecule has 1 unspecified atom stereocenters. The van der Waals surface area contributed by atoms with E-state index in [1.54, 1.807) is 0 Å². The third kappa shape index (κ3) is 2.55. The van der Waals surface area contributed by atoms with Gasteiger partial charge in [0.1, 0.15) is 13.2 Å². The molecule has 1 atom stereocenters. The van der Waals surface area contributed by atoms with Crippen LogP contribution in [0.5, 0.6) is 11.5 Å². The molecule has 0 saturated heterocycles. The van der Waals surface area contributed by atoms with Gasteiger partial charge in [-0.25, -0.2) is 0 Å². The molecule has 1 heterocycles. The molecule has 4 nitrogen and oxygen atoms in total. The molecule has 0 aromatic heterocycles. The average molecular weight is 271 g/mol. The van der Waals surface area contributed by atoms with Gasteiger partial charge in [0.25, 0.3) is 0 Å². The molecule has 0 amide bonds. The molecule has 1 aromatic rings. The van der Waals surface area contributed by atoms with Gasteiger partial charge in [-0.1, -0.05) is 18.5 Å². The Kier molecular flexibility index (Phi) is 4.32. The minimum absolute atomic E-state index is 0.142. The standard InChI is InChI=1S/C13H19ClN2O2/c1-3-16(2)11(8-15)9-6-10(14)13-12(7-9)17-4-5-18-13/h6-7,11H,3-5,8,15H2,1-2H3. The van der Waals surface area contributed by atoms with Crippen LogP contribution >= 0.6 is 11.6 Å². The molecule has 100 valence electrons. The maximum atomic E-state index is 6.23. The van der Waals surface area contributed by atoms with Crippen LogP contribution in [0.3, 0.4) is 0 Å². The van der Waals surface area contributed by atoms with E-state index in [9.17, 15) is 0 Å². The first kappa shape index (κ1) is 13.5. The fraction of sp³-hybridized carbons (Fsp3) is 0.538. The number of hydrogen-bond donors (Lipinski definition) is 1. The lowest BCUT2D eigenvalue weighted by Crippen LogP contribution is -2.30. The second-order valence-electron chi connectivity index (χ2n) is 4.35. The van der Waals surface area contributed by atoms with E-state index < -0.39 is 0 Å². The first-order valence-electron chi connectivity index (χ1n) is 6.16. The second kappa shape index (κ2) is 5.78. The number of nitrogens with zero attached hydrogens (tertiary/aromatic N) is 1. The van der Waals surface area contributed by atoms with E-state index in [1.807, 2.05) is 19.2 Å². The number of fused-ring (bicyclic) bond motifs is 1. The number of halogens is 1. The van der Waals surface area contributed by atoms with Crippen molar-refractivity contribution in [2.45, 2.75) is 13.0 Å². The van der Waals surface area contributed by atoms with Crippen LogP contribution in [0.1, 0.15) is 18.5 Å². The zero-order chi connectivity index (χ0) is 13.1. The highest BCUT2D eigenvalue weighted by atomic mass is 35.5. The van der Waals surface area contributed by atoms with Crippen molar-refractivity contribution < 1.29 is 9.47 Å². The summed E-state index contributed by atoms with van der Waals surface area (Å²) in [6.45, 7) is 4.67. The predicted molar refractivity (Wildman–Crippen MR) is 72.5 cm³/mol. The summed E-state index contributed by atoms with van der Waals surface area (Å²) in [7, 11) is 2.04. The van der Waals surface area contributed by atoms with Gasteiger partial charge >= 0.3 is 0 Å². The largest absolute Gasteiger partial charge is 0.486 e. The van der Waals surface area contributed by atoms with E-state index >= 15 is 0 Å². The van der Waals surface area contributed by atoms with Crippen molar-refractivity contribution in [2.75, 3.05) is 33.4 Å². The minimum atomic E-state index is 0.142. The third-order valence-electron chi connectivity index (χ3n) is 3.26. The zero-order valence-electron chi connectivity index (χ0n) is 10.8. The van der Waals surface area contributed by atoms with Gasteiger partial charge in [-0.3, -0.25) is 4.90 Å². The van der Waals surface area contributed by atoms with E-state index in [4.69, 9.17) is 26.8 Å². The molecule has 1 aliphatic heterocycles. The van der Waals surface area contributed by atoms with Crippen molar-refractivity contribution in [3.8, 4) is 11.5 Å².